The van der Waals surface area contributed by atoms with E-state index >= 15 is 0 Å². The van der Waals surface area contributed by atoms with Crippen LogP contribution >= 0.6 is 0 Å². The van der Waals surface area contributed by atoms with Gasteiger partial charge in [-0.25, -0.2) is 8.42 Å². The third-order valence-corrected chi connectivity index (χ3v) is 5.34. The number of rotatable bonds is 4. The highest BCUT2D eigenvalue weighted by molar-refractivity contribution is 7.89. The molecule has 0 aliphatic carbocycles. The minimum atomic E-state index is -3.65. The summed E-state index contributed by atoms with van der Waals surface area (Å²) in [5.41, 5.74) is 0.433. The van der Waals surface area contributed by atoms with E-state index in [1.54, 1.807) is 0 Å². The molecule has 0 spiro atoms. The Morgan fingerprint density at radius 2 is 1.91 bits per heavy atom. The van der Waals surface area contributed by atoms with Gasteiger partial charge in [-0.1, -0.05) is 0 Å². The molecule has 128 valence electrons. The Kier molecular flexibility index (Phi) is 5.28. The molecule has 1 aliphatic heterocycles. The van der Waals surface area contributed by atoms with Gasteiger partial charge in [0.2, 0.25) is 15.9 Å². The van der Waals surface area contributed by atoms with Crippen molar-refractivity contribution in [2.24, 2.45) is 0 Å². The van der Waals surface area contributed by atoms with E-state index in [0.717, 1.165) is 0 Å². The lowest BCUT2D eigenvalue weighted by molar-refractivity contribution is -0.114. The largest absolute Gasteiger partial charge is 0.495 e. The third-order valence-electron chi connectivity index (χ3n) is 3.51. The fraction of sp³-hybridized carbons (Fsp3) is 0.533. The number of carbonyl (C=O) groups is 1. The number of hydrogen-bond donors (Lipinski definition) is 1. The zero-order chi connectivity index (χ0) is 17.2. The maximum atomic E-state index is 12.8. The van der Waals surface area contributed by atoms with Gasteiger partial charge in [0.25, 0.3) is 0 Å². The molecule has 2 rings (SSSR count). The average molecular weight is 342 g/mol. The molecule has 1 aliphatic rings. The summed E-state index contributed by atoms with van der Waals surface area (Å²) >= 11 is 0. The summed E-state index contributed by atoms with van der Waals surface area (Å²) in [6.45, 7) is 5.68. The number of morpholine rings is 1. The predicted octanol–water partition coefficient (Wildman–Crippen LogP) is 1.45. The summed E-state index contributed by atoms with van der Waals surface area (Å²) in [4.78, 5) is 11.3. The van der Waals surface area contributed by atoms with Crippen LogP contribution in [0.25, 0.3) is 0 Å². The highest BCUT2D eigenvalue weighted by Gasteiger charge is 2.32. The van der Waals surface area contributed by atoms with Crippen molar-refractivity contribution in [3.8, 4) is 5.75 Å². The third kappa shape index (κ3) is 4.01. The van der Waals surface area contributed by atoms with Crippen LogP contribution in [-0.2, 0) is 19.6 Å². The Hall–Kier alpha value is -1.64. The summed E-state index contributed by atoms with van der Waals surface area (Å²) in [5, 5.41) is 2.60. The van der Waals surface area contributed by atoms with Crippen molar-refractivity contribution in [3.05, 3.63) is 18.2 Å². The Bertz CT molecular complexity index is 679. The number of anilines is 1. The Balaban J connectivity index is 2.34. The molecule has 0 radical (unpaired) electrons. The summed E-state index contributed by atoms with van der Waals surface area (Å²) in [6, 6.07) is 4.42. The number of nitrogens with one attached hydrogen (secondary N) is 1. The second kappa shape index (κ2) is 6.86. The van der Waals surface area contributed by atoms with Gasteiger partial charge in [0, 0.05) is 26.1 Å². The molecule has 7 nitrogen and oxygen atoms in total. The van der Waals surface area contributed by atoms with Gasteiger partial charge in [-0.3, -0.25) is 4.79 Å². The minimum Gasteiger partial charge on any atom is -0.495 e. The van der Waals surface area contributed by atoms with E-state index in [9.17, 15) is 13.2 Å². The number of hydrogen-bond acceptors (Lipinski definition) is 5. The summed E-state index contributed by atoms with van der Waals surface area (Å²) < 4.78 is 37.8. The predicted molar refractivity (Wildman–Crippen MR) is 86.1 cm³/mol. The van der Waals surface area contributed by atoms with Gasteiger partial charge in [-0.2, -0.15) is 4.31 Å². The fourth-order valence-corrected chi connectivity index (χ4v) is 4.21. The molecule has 1 fully saturated rings. The second-order valence-electron chi connectivity index (χ2n) is 5.62. The van der Waals surface area contributed by atoms with Crippen LogP contribution in [0, 0.1) is 0 Å². The normalized spacial score (nSPS) is 22.6. The SMILES string of the molecule is COc1cc(S(=O)(=O)N2C[C@H](C)O[C@@H](C)C2)ccc1NC(C)=O. The van der Waals surface area contributed by atoms with Crippen molar-refractivity contribution < 1.29 is 22.7 Å². The number of sulfonamides is 1. The molecule has 8 heteroatoms. The second-order valence-corrected chi connectivity index (χ2v) is 7.56. The summed E-state index contributed by atoms with van der Waals surface area (Å²) in [6.07, 6.45) is -0.317. The molecule has 1 amide bonds. The summed E-state index contributed by atoms with van der Waals surface area (Å²) in [7, 11) is -2.22. The highest BCUT2D eigenvalue weighted by atomic mass is 32.2. The van der Waals surface area contributed by atoms with Crippen LogP contribution in [0.2, 0.25) is 0 Å². The van der Waals surface area contributed by atoms with E-state index < -0.39 is 10.0 Å². The van der Waals surface area contributed by atoms with Crippen LogP contribution in [0.4, 0.5) is 5.69 Å². The van der Waals surface area contributed by atoms with Crippen LogP contribution in [-0.4, -0.2) is 51.0 Å². The number of nitrogens with zero attached hydrogens (tertiary/aromatic N) is 1. The van der Waals surface area contributed by atoms with Gasteiger partial charge >= 0.3 is 0 Å². The first-order valence-electron chi connectivity index (χ1n) is 7.35. The molecule has 1 N–H and O–H groups in total. The van der Waals surface area contributed by atoms with Gasteiger partial charge in [-0.05, 0) is 26.0 Å². The zero-order valence-corrected chi connectivity index (χ0v) is 14.5. The first-order chi connectivity index (χ1) is 10.7. The lowest BCUT2D eigenvalue weighted by Gasteiger charge is -2.34. The molecular weight excluding hydrogens is 320 g/mol. The molecule has 1 heterocycles. The lowest BCUT2D eigenvalue weighted by atomic mass is 10.3. The summed E-state index contributed by atoms with van der Waals surface area (Å²) in [5.74, 6) is 0.0466. The number of benzene rings is 1. The van der Waals surface area contributed by atoms with E-state index in [2.05, 4.69) is 5.32 Å². The van der Waals surface area contributed by atoms with E-state index in [-0.39, 0.29) is 23.0 Å². The van der Waals surface area contributed by atoms with Crippen LogP contribution in [0.3, 0.4) is 0 Å². The van der Waals surface area contributed by atoms with Gasteiger partial charge < -0.3 is 14.8 Å². The van der Waals surface area contributed by atoms with E-state index in [1.165, 1.54) is 36.5 Å². The van der Waals surface area contributed by atoms with Crippen molar-refractivity contribution in [1.29, 1.82) is 0 Å². The van der Waals surface area contributed by atoms with Gasteiger partial charge in [-0.15, -0.1) is 0 Å². The molecule has 2 atom stereocenters. The highest BCUT2D eigenvalue weighted by Crippen LogP contribution is 2.30. The number of amides is 1. The molecule has 1 aromatic carbocycles. The molecule has 23 heavy (non-hydrogen) atoms. The van der Waals surface area contributed by atoms with Crippen LogP contribution in [0.1, 0.15) is 20.8 Å². The van der Waals surface area contributed by atoms with Crippen molar-refractivity contribution in [2.75, 3.05) is 25.5 Å². The molecular formula is C15H22N2O5S. The Morgan fingerprint density at radius 1 is 1.30 bits per heavy atom. The maximum absolute atomic E-state index is 12.8. The number of ether oxygens (including phenoxy) is 2. The van der Waals surface area contributed by atoms with Crippen LogP contribution < -0.4 is 10.1 Å². The average Bonchev–Trinajstić information content (AvgIpc) is 2.45. The van der Waals surface area contributed by atoms with E-state index in [0.29, 0.717) is 24.5 Å². The molecule has 1 aromatic rings. The number of methoxy groups -OCH3 is 1. The van der Waals surface area contributed by atoms with Gasteiger partial charge in [0.1, 0.15) is 5.75 Å². The first-order valence-corrected chi connectivity index (χ1v) is 8.79. The molecule has 0 aromatic heterocycles. The minimum absolute atomic E-state index is 0.129. The van der Waals surface area contributed by atoms with Crippen molar-refractivity contribution in [1.82, 2.24) is 4.31 Å². The smallest absolute Gasteiger partial charge is 0.243 e. The molecule has 0 saturated carbocycles. The topological polar surface area (TPSA) is 84.9 Å². The molecule has 0 bridgehead atoms. The van der Waals surface area contributed by atoms with Crippen LogP contribution in [0.5, 0.6) is 5.75 Å². The number of carbonyl (C=O) groups excluding carboxylic acids is 1. The van der Waals surface area contributed by atoms with Gasteiger partial charge in [0.05, 0.1) is 29.9 Å². The molecule has 0 unspecified atom stereocenters. The van der Waals surface area contributed by atoms with E-state index in [4.69, 9.17) is 9.47 Å². The molecule has 1 saturated heterocycles. The zero-order valence-electron chi connectivity index (χ0n) is 13.7. The Morgan fingerprint density at radius 3 is 2.43 bits per heavy atom. The standard InChI is InChI=1S/C15H22N2O5S/c1-10-8-17(9-11(2)22-10)23(19,20)13-5-6-14(16-12(3)18)15(7-13)21-4/h5-7,10-11H,8-9H2,1-4H3,(H,16,18)/t10-,11-/m0/s1. The fourth-order valence-electron chi connectivity index (χ4n) is 2.60. The van der Waals surface area contributed by atoms with E-state index in [1.807, 2.05) is 13.8 Å². The first kappa shape index (κ1) is 17.7. The van der Waals surface area contributed by atoms with Crippen LogP contribution in [0.15, 0.2) is 23.1 Å². The maximum Gasteiger partial charge on any atom is 0.243 e. The van der Waals surface area contributed by atoms with Crippen molar-refractivity contribution in [2.45, 2.75) is 37.9 Å². The van der Waals surface area contributed by atoms with Crippen molar-refractivity contribution in [3.63, 3.8) is 0 Å². The van der Waals surface area contributed by atoms with Gasteiger partial charge in [0.15, 0.2) is 0 Å². The lowest BCUT2D eigenvalue weighted by Crippen LogP contribution is -2.48. The van der Waals surface area contributed by atoms with Crippen molar-refractivity contribution >= 4 is 21.6 Å². The Labute approximate surface area is 136 Å². The monoisotopic (exact) mass is 342 g/mol. The quantitative estimate of drug-likeness (QED) is 0.895.